The van der Waals surface area contributed by atoms with E-state index in [1.54, 1.807) is 0 Å². The molecule has 0 radical (unpaired) electrons. The number of allylic oxidation sites excluding steroid dienone is 1. The number of carboxylic acid groups (broad SMARTS) is 1. The molecule has 1 aromatic carbocycles. The van der Waals surface area contributed by atoms with Gasteiger partial charge >= 0.3 is 5.97 Å². The van der Waals surface area contributed by atoms with Crippen LogP contribution in [0.5, 0.6) is 0 Å². The van der Waals surface area contributed by atoms with E-state index in [1.165, 1.54) is 17.2 Å². The highest BCUT2D eigenvalue weighted by molar-refractivity contribution is 5.80. The van der Waals surface area contributed by atoms with E-state index < -0.39 is 5.97 Å². The summed E-state index contributed by atoms with van der Waals surface area (Å²) in [5, 5.41) is 8.60. The largest absolute Gasteiger partial charge is 0.478 e. The van der Waals surface area contributed by atoms with Gasteiger partial charge in [-0.1, -0.05) is 43.7 Å². The Balaban J connectivity index is 2.56. The maximum Gasteiger partial charge on any atom is 0.328 e. The standard InChI is InChI=1S/C15H20O2/c1-11(2)14-8-6-13(7-9-14)5-4-12(3)10-15(16)17/h6-11H,4-5H2,1-3H3,(H,16,17)/b12-10+. The van der Waals surface area contributed by atoms with Crippen LogP contribution < -0.4 is 0 Å². The van der Waals surface area contributed by atoms with Gasteiger partial charge in [0.2, 0.25) is 0 Å². The van der Waals surface area contributed by atoms with E-state index in [9.17, 15) is 4.79 Å². The van der Waals surface area contributed by atoms with Crippen LogP contribution >= 0.6 is 0 Å². The van der Waals surface area contributed by atoms with Crippen LogP contribution in [-0.4, -0.2) is 11.1 Å². The number of aliphatic carboxylic acids is 1. The zero-order chi connectivity index (χ0) is 12.8. The first-order valence-corrected chi connectivity index (χ1v) is 5.98. The quantitative estimate of drug-likeness (QED) is 0.784. The molecule has 2 nitrogen and oxygen atoms in total. The first-order valence-electron chi connectivity index (χ1n) is 5.98. The number of carboxylic acids is 1. The highest BCUT2D eigenvalue weighted by atomic mass is 16.4. The first-order chi connectivity index (χ1) is 7.99. The van der Waals surface area contributed by atoms with Crippen molar-refractivity contribution in [2.24, 2.45) is 0 Å². The molecule has 0 atom stereocenters. The van der Waals surface area contributed by atoms with Crippen molar-refractivity contribution in [1.29, 1.82) is 0 Å². The molecule has 0 aliphatic heterocycles. The molecule has 2 heteroatoms. The number of carbonyl (C=O) groups is 1. The van der Waals surface area contributed by atoms with Gasteiger partial charge in [0.25, 0.3) is 0 Å². The van der Waals surface area contributed by atoms with Crippen LogP contribution in [0.2, 0.25) is 0 Å². The molecule has 0 heterocycles. The summed E-state index contributed by atoms with van der Waals surface area (Å²) in [7, 11) is 0. The van der Waals surface area contributed by atoms with E-state index in [1.807, 2.05) is 6.92 Å². The van der Waals surface area contributed by atoms with Gasteiger partial charge in [0.15, 0.2) is 0 Å². The van der Waals surface area contributed by atoms with E-state index in [-0.39, 0.29) is 0 Å². The van der Waals surface area contributed by atoms with Gasteiger partial charge in [-0.2, -0.15) is 0 Å². The van der Waals surface area contributed by atoms with Crippen molar-refractivity contribution in [1.82, 2.24) is 0 Å². The molecule has 92 valence electrons. The molecule has 17 heavy (non-hydrogen) atoms. The van der Waals surface area contributed by atoms with Crippen LogP contribution in [0.25, 0.3) is 0 Å². The van der Waals surface area contributed by atoms with Crippen LogP contribution in [0.4, 0.5) is 0 Å². The van der Waals surface area contributed by atoms with Crippen molar-refractivity contribution in [3.63, 3.8) is 0 Å². The second-order valence-electron chi connectivity index (χ2n) is 4.73. The molecule has 0 aromatic heterocycles. The SMILES string of the molecule is C/C(=C\C(=O)O)CCc1ccc(C(C)C)cc1. The normalized spacial score (nSPS) is 11.9. The summed E-state index contributed by atoms with van der Waals surface area (Å²) in [6.45, 7) is 6.21. The maximum absolute atomic E-state index is 10.5. The molecule has 0 bridgehead atoms. The van der Waals surface area contributed by atoms with Gasteiger partial charge in [-0.05, 0) is 36.8 Å². The fraction of sp³-hybridized carbons (Fsp3) is 0.400. The summed E-state index contributed by atoms with van der Waals surface area (Å²) in [6, 6.07) is 8.55. The molecule has 1 aromatic rings. The van der Waals surface area contributed by atoms with Crippen LogP contribution in [0.1, 0.15) is 44.2 Å². The maximum atomic E-state index is 10.5. The molecule has 0 spiro atoms. The molecular formula is C15H20O2. The van der Waals surface area contributed by atoms with Gasteiger partial charge in [0, 0.05) is 6.08 Å². The molecular weight excluding hydrogens is 212 g/mol. The zero-order valence-corrected chi connectivity index (χ0v) is 10.7. The van der Waals surface area contributed by atoms with Gasteiger partial charge in [-0.3, -0.25) is 0 Å². The first kappa shape index (κ1) is 13.5. The summed E-state index contributed by atoms with van der Waals surface area (Å²) in [5.74, 6) is -0.310. The Bertz CT molecular complexity index is 399. The number of rotatable bonds is 5. The minimum Gasteiger partial charge on any atom is -0.478 e. The predicted octanol–water partition coefficient (Wildman–Crippen LogP) is 3.77. The van der Waals surface area contributed by atoms with Crippen molar-refractivity contribution in [2.45, 2.75) is 39.5 Å². The van der Waals surface area contributed by atoms with E-state index >= 15 is 0 Å². The van der Waals surface area contributed by atoms with Crippen molar-refractivity contribution in [3.8, 4) is 0 Å². The van der Waals surface area contributed by atoms with Gasteiger partial charge in [0.1, 0.15) is 0 Å². The third-order valence-electron chi connectivity index (χ3n) is 2.82. The molecule has 1 N–H and O–H groups in total. The van der Waals surface area contributed by atoms with Crippen molar-refractivity contribution < 1.29 is 9.90 Å². The lowest BCUT2D eigenvalue weighted by molar-refractivity contribution is -0.131. The fourth-order valence-corrected chi connectivity index (χ4v) is 1.69. The van der Waals surface area contributed by atoms with Crippen molar-refractivity contribution in [2.75, 3.05) is 0 Å². The van der Waals surface area contributed by atoms with Crippen molar-refractivity contribution in [3.05, 3.63) is 47.0 Å². The average molecular weight is 232 g/mol. The average Bonchev–Trinajstić information content (AvgIpc) is 2.26. The molecule has 0 saturated heterocycles. The minimum atomic E-state index is -0.863. The van der Waals surface area contributed by atoms with Crippen molar-refractivity contribution >= 4 is 5.97 Å². The third-order valence-corrected chi connectivity index (χ3v) is 2.82. The summed E-state index contributed by atoms with van der Waals surface area (Å²) >= 11 is 0. The highest BCUT2D eigenvalue weighted by Gasteiger charge is 2.00. The Hall–Kier alpha value is -1.57. The molecule has 0 amide bonds. The lowest BCUT2D eigenvalue weighted by Crippen LogP contribution is -1.93. The minimum absolute atomic E-state index is 0.553. The van der Waals surface area contributed by atoms with Crippen LogP contribution in [0.3, 0.4) is 0 Å². The number of benzene rings is 1. The summed E-state index contributed by atoms with van der Waals surface area (Å²) in [6.07, 6.45) is 2.98. The van der Waals surface area contributed by atoms with Gasteiger partial charge in [0.05, 0.1) is 0 Å². The Labute approximate surface area is 103 Å². The fourth-order valence-electron chi connectivity index (χ4n) is 1.69. The predicted molar refractivity (Wildman–Crippen MR) is 70.2 cm³/mol. The molecule has 1 rings (SSSR count). The van der Waals surface area contributed by atoms with Crippen LogP contribution in [-0.2, 0) is 11.2 Å². The smallest absolute Gasteiger partial charge is 0.328 e. The zero-order valence-electron chi connectivity index (χ0n) is 10.7. The Morgan fingerprint density at radius 2 is 1.88 bits per heavy atom. The lowest BCUT2D eigenvalue weighted by atomic mass is 9.99. The summed E-state index contributed by atoms with van der Waals surface area (Å²) < 4.78 is 0. The number of aryl methyl sites for hydroxylation is 1. The number of hydrogen-bond donors (Lipinski definition) is 1. The molecule has 0 fully saturated rings. The van der Waals surface area contributed by atoms with Gasteiger partial charge in [-0.25, -0.2) is 4.79 Å². The molecule has 0 aliphatic rings. The second kappa shape index (κ2) is 6.24. The van der Waals surface area contributed by atoms with Crippen LogP contribution in [0, 0.1) is 0 Å². The lowest BCUT2D eigenvalue weighted by Gasteiger charge is -2.07. The molecule has 0 aliphatic carbocycles. The van der Waals surface area contributed by atoms with E-state index in [0.29, 0.717) is 5.92 Å². The Kier molecular flexibility index (Phi) is 4.95. The van der Waals surface area contributed by atoms with E-state index in [4.69, 9.17) is 5.11 Å². The van der Waals surface area contributed by atoms with E-state index in [0.717, 1.165) is 18.4 Å². The Morgan fingerprint density at radius 3 is 2.35 bits per heavy atom. The topological polar surface area (TPSA) is 37.3 Å². The third kappa shape index (κ3) is 4.85. The summed E-state index contributed by atoms with van der Waals surface area (Å²) in [4.78, 5) is 10.5. The summed E-state index contributed by atoms with van der Waals surface area (Å²) in [5.41, 5.74) is 3.50. The van der Waals surface area contributed by atoms with Gasteiger partial charge < -0.3 is 5.11 Å². The number of hydrogen-bond acceptors (Lipinski definition) is 1. The molecule has 0 unspecified atom stereocenters. The Morgan fingerprint density at radius 1 is 1.29 bits per heavy atom. The van der Waals surface area contributed by atoms with E-state index in [2.05, 4.69) is 38.1 Å². The molecule has 0 saturated carbocycles. The highest BCUT2D eigenvalue weighted by Crippen LogP contribution is 2.16. The van der Waals surface area contributed by atoms with Gasteiger partial charge in [-0.15, -0.1) is 0 Å². The van der Waals surface area contributed by atoms with Crippen LogP contribution in [0.15, 0.2) is 35.9 Å². The monoisotopic (exact) mass is 232 g/mol. The second-order valence-corrected chi connectivity index (χ2v) is 4.73.